The smallest absolute Gasteiger partial charge is 0.164 e. The maximum absolute atomic E-state index is 6.70. The van der Waals surface area contributed by atoms with E-state index >= 15 is 0 Å². The van der Waals surface area contributed by atoms with Crippen molar-refractivity contribution in [3.8, 4) is 34.2 Å². The summed E-state index contributed by atoms with van der Waals surface area (Å²) in [6.07, 6.45) is 6.41. The molecule has 0 amide bonds. The third-order valence-electron chi connectivity index (χ3n) is 10.1. The van der Waals surface area contributed by atoms with Gasteiger partial charge < -0.3 is 4.42 Å². The lowest BCUT2D eigenvalue weighted by atomic mass is 9.88. The largest absolute Gasteiger partial charge is 0.455 e. The van der Waals surface area contributed by atoms with Gasteiger partial charge in [-0.3, -0.25) is 0 Å². The van der Waals surface area contributed by atoms with E-state index in [0.717, 1.165) is 57.0 Å². The highest BCUT2D eigenvalue weighted by Crippen LogP contribution is 2.42. The van der Waals surface area contributed by atoms with Gasteiger partial charge in [-0.2, -0.15) is 0 Å². The van der Waals surface area contributed by atoms with Gasteiger partial charge in [0.1, 0.15) is 11.2 Å². The summed E-state index contributed by atoms with van der Waals surface area (Å²) in [5.41, 5.74) is 9.49. The van der Waals surface area contributed by atoms with Crippen molar-refractivity contribution in [3.63, 3.8) is 0 Å². The van der Waals surface area contributed by atoms with Crippen LogP contribution in [0.15, 0.2) is 168 Å². The van der Waals surface area contributed by atoms with Crippen molar-refractivity contribution in [2.45, 2.75) is 12.8 Å². The van der Waals surface area contributed by atoms with Crippen molar-refractivity contribution in [1.29, 1.82) is 0 Å². The predicted octanol–water partition coefficient (Wildman–Crippen LogP) is 12.3. The number of hydrogen-bond donors (Lipinski definition) is 0. The normalized spacial score (nSPS) is 13.2. The first kappa shape index (κ1) is 29.3. The molecular weight excluding hydrogens is 623 g/mol. The minimum absolute atomic E-state index is 0.615. The fourth-order valence-electron chi connectivity index (χ4n) is 7.50. The molecule has 0 N–H and O–H groups in total. The van der Waals surface area contributed by atoms with Crippen LogP contribution in [-0.2, 0) is 0 Å². The molecule has 2 aromatic heterocycles. The predicted molar refractivity (Wildman–Crippen MR) is 210 cm³/mol. The summed E-state index contributed by atoms with van der Waals surface area (Å²) >= 11 is 0. The van der Waals surface area contributed by atoms with Gasteiger partial charge in [-0.15, -0.1) is 0 Å². The number of benzene rings is 7. The molecule has 51 heavy (non-hydrogen) atoms. The topological polar surface area (TPSA) is 51.8 Å². The second-order valence-electron chi connectivity index (χ2n) is 13.1. The minimum atomic E-state index is 0.615. The standard InChI is InChI=1S/C47H31N3O/c1-3-11-30(12-4-1)31-19-21-33(22-20-31)38-27-28-40(43-39-17-9-10-18-42(39)51-44(38)43)47-49-45(35-14-5-2-6-15-35)48-46(50-47)36-26-25-34-24-23-32-13-7-8-16-37(32)41(34)29-36/h1-19,21,23-29H,20,22H2. The van der Waals surface area contributed by atoms with Crippen molar-refractivity contribution in [2.24, 2.45) is 0 Å². The first-order valence-corrected chi connectivity index (χ1v) is 17.4. The molecule has 2 heterocycles. The third kappa shape index (κ3) is 5.12. The quantitative estimate of drug-likeness (QED) is 0.173. The highest BCUT2D eigenvalue weighted by molar-refractivity contribution is 6.15. The zero-order chi connectivity index (χ0) is 33.7. The zero-order valence-corrected chi connectivity index (χ0v) is 27.8. The summed E-state index contributed by atoms with van der Waals surface area (Å²) in [5.74, 6) is 1.88. The Morgan fingerprint density at radius 1 is 0.412 bits per heavy atom. The molecule has 10 rings (SSSR count). The number of hydrogen-bond acceptors (Lipinski definition) is 4. The second-order valence-corrected chi connectivity index (χ2v) is 13.1. The molecule has 0 spiro atoms. The number of rotatable bonds is 5. The van der Waals surface area contributed by atoms with Crippen molar-refractivity contribution in [1.82, 2.24) is 15.0 Å². The average Bonchev–Trinajstić information content (AvgIpc) is 3.61. The van der Waals surface area contributed by atoms with E-state index in [-0.39, 0.29) is 0 Å². The number of aromatic nitrogens is 3. The Hall–Kier alpha value is -6.65. The van der Waals surface area contributed by atoms with Crippen LogP contribution in [-0.4, -0.2) is 15.0 Å². The van der Waals surface area contributed by atoms with Crippen molar-refractivity contribution in [2.75, 3.05) is 0 Å². The molecule has 0 saturated heterocycles. The van der Waals surface area contributed by atoms with Crippen molar-refractivity contribution in [3.05, 3.63) is 175 Å². The molecule has 1 aliphatic rings. The van der Waals surface area contributed by atoms with E-state index in [9.17, 15) is 0 Å². The maximum atomic E-state index is 6.70. The fourth-order valence-corrected chi connectivity index (χ4v) is 7.50. The van der Waals surface area contributed by atoms with Crippen LogP contribution in [0.2, 0.25) is 0 Å². The van der Waals surface area contributed by atoms with Gasteiger partial charge in [-0.25, -0.2) is 15.0 Å². The Labute approximate surface area is 295 Å². The maximum Gasteiger partial charge on any atom is 0.164 e. The molecule has 4 nitrogen and oxygen atoms in total. The molecule has 0 atom stereocenters. The van der Waals surface area contributed by atoms with Crippen LogP contribution in [0.3, 0.4) is 0 Å². The Kier molecular flexibility index (Phi) is 6.91. The van der Waals surface area contributed by atoms with Crippen LogP contribution in [0.4, 0.5) is 0 Å². The van der Waals surface area contributed by atoms with Gasteiger partial charge in [0.05, 0.1) is 0 Å². The van der Waals surface area contributed by atoms with Gasteiger partial charge in [-0.05, 0) is 69.3 Å². The van der Waals surface area contributed by atoms with Gasteiger partial charge in [0.15, 0.2) is 17.5 Å². The average molecular weight is 654 g/mol. The molecule has 0 aliphatic heterocycles. The van der Waals surface area contributed by atoms with Crippen molar-refractivity contribution >= 4 is 54.6 Å². The molecule has 0 bridgehead atoms. The molecule has 7 aromatic carbocycles. The third-order valence-corrected chi connectivity index (χ3v) is 10.1. The molecule has 0 unspecified atom stereocenters. The summed E-state index contributed by atoms with van der Waals surface area (Å²) in [5, 5.41) is 6.83. The summed E-state index contributed by atoms with van der Waals surface area (Å²) < 4.78 is 6.70. The van der Waals surface area contributed by atoms with E-state index in [1.54, 1.807) is 0 Å². The minimum Gasteiger partial charge on any atom is -0.455 e. The lowest BCUT2D eigenvalue weighted by Gasteiger charge is -2.16. The monoisotopic (exact) mass is 653 g/mol. The van der Waals surface area contributed by atoms with Crippen LogP contribution in [0.5, 0.6) is 0 Å². The molecule has 4 heteroatoms. The zero-order valence-electron chi connectivity index (χ0n) is 27.8. The highest BCUT2D eigenvalue weighted by atomic mass is 16.3. The Bertz CT molecular complexity index is 2850. The summed E-state index contributed by atoms with van der Waals surface area (Å²) in [4.78, 5) is 15.4. The number of para-hydroxylation sites is 1. The van der Waals surface area contributed by atoms with Crippen LogP contribution in [0, 0.1) is 0 Å². The van der Waals surface area contributed by atoms with E-state index in [0.29, 0.717) is 17.5 Å². The van der Waals surface area contributed by atoms with Gasteiger partial charge >= 0.3 is 0 Å². The van der Waals surface area contributed by atoms with E-state index in [4.69, 9.17) is 19.4 Å². The molecule has 9 aromatic rings. The number of fused-ring (bicyclic) bond motifs is 6. The van der Waals surface area contributed by atoms with Crippen LogP contribution in [0.25, 0.3) is 88.8 Å². The molecule has 0 fully saturated rings. The lowest BCUT2D eigenvalue weighted by molar-refractivity contribution is 0.667. The summed E-state index contributed by atoms with van der Waals surface area (Å²) in [7, 11) is 0. The summed E-state index contributed by atoms with van der Waals surface area (Å²) in [6.45, 7) is 0. The Morgan fingerprint density at radius 3 is 1.78 bits per heavy atom. The Morgan fingerprint density at radius 2 is 1.00 bits per heavy atom. The SMILES string of the molecule is C1=C(c2ccccc2)CCC(c2ccc(-c3nc(-c4ccccc4)nc(-c4ccc5ccc6ccccc6c5c4)n3)c3c2oc2ccccc23)=C1. The lowest BCUT2D eigenvalue weighted by Crippen LogP contribution is -2.01. The van der Waals surface area contributed by atoms with Crippen LogP contribution < -0.4 is 0 Å². The number of furan rings is 1. The molecule has 0 radical (unpaired) electrons. The Balaban J connectivity index is 1.18. The van der Waals surface area contributed by atoms with Gasteiger partial charge in [0.25, 0.3) is 0 Å². The van der Waals surface area contributed by atoms with Crippen LogP contribution >= 0.6 is 0 Å². The first-order chi connectivity index (χ1) is 25.3. The summed E-state index contributed by atoms with van der Waals surface area (Å²) in [6, 6.07) is 52.8. The van der Waals surface area contributed by atoms with E-state index in [1.807, 2.05) is 30.3 Å². The molecule has 0 saturated carbocycles. The molecular formula is C47H31N3O. The van der Waals surface area contributed by atoms with Gasteiger partial charge in [0, 0.05) is 33.0 Å². The van der Waals surface area contributed by atoms with E-state index < -0.39 is 0 Å². The number of allylic oxidation sites excluding steroid dienone is 4. The molecule has 240 valence electrons. The molecule has 1 aliphatic carbocycles. The first-order valence-electron chi connectivity index (χ1n) is 17.4. The van der Waals surface area contributed by atoms with Crippen molar-refractivity contribution < 1.29 is 4.42 Å². The van der Waals surface area contributed by atoms with Crippen LogP contribution in [0.1, 0.15) is 24.0 Å². The fraction of sp³-hybridized carbons (Fsp3) is 0.0426. The number of nitrogens with zero attached hydrogens (tertiary/aromatic N) is 3. The van der Waals surface area contributed by atoms with E-state index in [2.05, 4.69) is 133 Å². The van der Waals surface area contributed by atoms with Gasteiger partial charge in [-0.1, -0.05) is 146 Å². The van der Waals surface area contributed by atoms with Gasteiger partial charge in [0.2, 0.25) is 0 Å². The second kappa shape index (κ2) is 12.0. The highest BCUT2D eigenvalue weighted by Gasteiger charge is 2.22. The van der Waals surface area contributed by atoms with E-state index in [1.165, 1.54) is 38.3 Å².